The molecule has 0 fully saturated rings. The van der Waals surface area contributed by atoms with E-state index in [1.807, 2.05) is 0 Å². The zero-order chi connectivity index (χ0) is 16.4. The maximum absolute atomic E-state index is 12.1. The molecule has 1 heterocycles. The number of ketones is 1. The molecule has 2 aromatic carbocycles. The largest absolute Gasteiger partial charge is 0.454 e. The van der Waals surface area contributed by atoms with Crippen molar-refractivity contribution >= 4 is 29.1 Å². The molecule has 3 rings (SSSR count). The van der Waals surface area contributed by atoms with Crippen molar-refractivity contribution in [3.05, 3.63) is 68.7 Å². The number of nitro groups is 1. The average molecular weight is 332 g/mol. The second kappa shape index (κ2) is 6.10. The molecule has 0 N–H and O–H groups in total. The number of benzene rings is 2. The SMILES string of the molecule is O=C(C=Cc1ccc2c(c1)OCO2)c1ccc(Cl)c([N+](=O)[O-])c1. The lowest BCUT2D eigenvalue weighted by Crippen LogP contribution is -1.97. The molecule has 0 unspecified atom stereocenters. The molecule has 0 saturated carbocycles. The minimum atomic E-state index is -0.624. The fourth-order valence-electron chi connectivity index (χ4n) is 2.09. The fourth-order valence-corrected chi connectivity index (χ4v) is 2.28. The summed E-state index contributed by atoms with van der Waals surface area (Å²) in [4.78, 5) is 22.4. The molecule has 6 nitrogen and oxygen atoms in total. The Morgan fingerprint density at radius 2 is 1.96 bits per heavy atom. The summed E-state index contributed by atoms with van der Waals surface area (Å²) in [5.41, 5.74) is 0.651. The zero-order valence-electron chi connectivity index (χ0n) is 11.7. The van der Waals surface area contributed by atoms with E-state index in [4.69, 9.17) is 21.1 Å². The van der Waals surface area contributed by atoms with Gasteiger partial charge in [-0.2, -0.15) is 0 Å². The Hall–Kier alpha value is -2.86. The molecular formula is C16H10ClNO5. The van der Waals surface area contributed by atoms with Crippen molar-refractivity contribution < 1.29 is 19.2 Å². The molecule has 0 amide bonds. The number of fused-ring (bicyclic) bond motifs is 1. The molecule has 0 radical (unpaired) electrons. The van der Waals surface area contributed by atoms with Crippen molar-refractivity contribution in [2.45, 2.75) is 0 Å². The molecule has 0 atom stereocenters. The third-order valence-corrected chi connectivity index (χ3v) is 3.57. The van der Waals surface area contributed by atoms with Crippen LogP contribution >= 0.6 is 11.6 Å². The number of nitro benzene ring substituents is 1. The van der Waals surface area contributed by atoms with E-state index in [2.05, 4.69) is 0 Å². The summed E-state index contributed by atoms with van der Waals surface area (Å²) in [5.74, 6) is 0.908. The highest BCUT2D eigenvalue weighted by Crippen LogP contribution is 2.33. The van der Waals surface area contributed by atoms with Crippen molar-refractivity contribution in [2.24, 2.45) is 0 Å². The number of hydrogen-bond donors (Lipinski definition) is 0. The van der Waals surface area contributed by atoms with Gasteiger partial charge in [0.2, 0.25) is 6.79 Å². The van der Waals surface area contributed by atoms with Crippen LogP contribution < -0.4 is 9.47 Å². The molecule has 2 aromatic rings. The van der Waals surface area contributed by atoms with Gasteiger partial charge in [0.15, 0.2) is 17.3 Å². The smallest absolute Gasteiger partial charge is 0.288 e. The number of carbonyl (C=O) groups is 1. The van der Waals surface area contributed by atoms with E-state index in [0.29, 0.717) is 11.5 Å². The Bertz CT molecular complexity index is 831. The van der Waals surface area contributed by atoms with Gasteiger partial charge in [-0.15, -0.1) is 0 Å². The molecule has 116 valence electrons. The quantitative estimate of drug-likeness (QED) is 0.368. The molecule has 0 aliphatic carbocycles. The van der Waals surface area contributed by atoms with E-state index in [1.165, 1.54) is 18.2 Å². The summed E-state index contributed by atoms with van der Waals surface area (Å²) in [5, 5.41) is 10.8. The summed E-state index contributed by atoms with van der Waals surface area (Å²) in [6.07, 6.45) is 2.94. The molecule has 23 heavy (non-hydrogen) atoms. The van der Waals surface area contributed by atoms with Gasteiger partial charge in [0.1, 0.15) is 5.02 Å². The van der Waals surface area contributed by atoms with Crippen LogP contribution in [-0.2, 0) is 0 Å². The van der Waals surface area contributed by atoms with Crippen LogP contribution in [-0.4, -0.2) is 17.5 Å². The van der Waals surface area contributed by atoms with E-state index in [-0.39, 0.29) is 28.8 Å². The molecule has 0 saturated heterocycles. The molecule has 0 bridgehead atoms. The number of rotatable bonds is 4. The standard InChI is InChI=1S/C16H10ClNO5/c17-12-4-3-11(8-13(12)18(20)21)14(19)5-1-10-2-6-15-16(7-10)23-9-22-15/h1-8H,9H2. The van der Waals surface area contributed by atoms with Crippen LogP contribution in [0.15, 0.2) is 42.5 Å². The number of ether oxygens (including phenoxy) is 2. The summed E-state index contributed by atoms with van der Waals surface area (Å²) in [6.45, 7) is 0.176. The van der Waals surface area contributed by atoms with Crippen LogP contribution in [0.2, 0.25) is 5.02 Å². The van der Waals surface area contributed by atoms with Gasteiger partial charge in [-0.3, -0.25) is 14.9 Å². The van der Waals surface area contributed by atoms with Crippen LogP contribution in [0.25, 0.3) is 6.08 Å². The summed E-state index contributed by atoms with van der Waals surface area (Å²) in [7, 11) is 0. The lowest BCUT2D eigenvalue weighted by molar-refractivity contribution is -0.384. The summed E-state index contributed by atoms with van der Waals surface area (Å²) >= 11 is 5.73. The van der Waals surface area contributed by atoms with Gasteiger partial charge in [0.25, 0.3) is 5.69 Å². The maximum atomic E-state index is 12.1. The maximum Gasteiger partial charge on any atom is 0.288 e. The highest BCUT2D eigenvalue weighted by molar-refractivity contribution is 6.32. The van der Waals surface area contributed by atoms with Crippen molar-refractivity contribution in [1.29, 1.82) is 0 Å². The minimum Gasteiger partial charge on any atom is -0.454 e. The number of nitrogens with zero attached hydrogens (tertiary/aromatic N) is 1. The first kappa shape index (κ1) is 15.1. The van der Waals surface area contributed by atoms with Gasteiger partial charge < -0.3 is 9.47 Å². The molecular weight excluding hydrogens is 322 g/mol. The van der Waals surface area contributed by atoms with Crippen molar-refractivity contribution in [1.82, 2.24) is 0 Å². The van der Waals surface area contributed by atoms with Crippen molar-refractivity contribution in [3.8, 4) is 11.5 Å². The third kappa shape index (κ3) is 3.17. The van der Waals surface area contributed by atoms with Crippen molar-refractivity contribution in [2.75, 3.05) is 6.79 Å². The summed E-state index contributed by atoms with van der Waals surface area (Å²) in [6, 6.07) is 9.22. The molecule has 1 aliphatic rings. The molecule has 7 heteroatoms. The topological polar surface area (TPSA) is 78.7 Å². The van der Waals surface area contributed by atoms with E-state index >= 15 is 0 Å². The van der Waals surface area contributed by atoms with Crippen LogP contribution in [0, 0.1) is 10.1 Å². The Morgan fingerprint density at radius 3 is 2.74 bits per heavy atom. The van der Waals surface area contributed by atoms with E-state index in [1.54, 1.807) is 24.3 Å². The Kier molecular flexibility index (Phi) is 3.99. The first-order valence-electron chi connectivity index (χ1n) is 6.60. The van der Waals surface area contributed by atoms with Crippen LogP contribution in [0.1, 0.15) is 15.9 Å². The zero-order valence-corrected chi connectivity index (χ0v) is 12.4. The van der Waals surface area contributed by atoms with E-state index in [9.17, 15) is 14.9 Å². The van der Waals surface area contributed by atoms with Gasteiger partial charge in [0, 0.05) is 11.6 Å². The molecule has 0 spiro atoms. The summed E-state index contributed by atoms with van der Waals surface area (Å²) < 4.78 is 10.5. The van der Waals surface area contributed by atoms with Gasteiger partial charge >= 0.3 is 0 Å². The number of allylic oxidation sites excluding steroid dienone is 1. The van der Waals surface area contributed by atoms with E-state index in [0.717, 1.165) is 11.6 Å². The van der Waals surface area contributed by atoms with Gasteiger partial charge in [0.05, 0.1) is 4.92 Å². The highest BCUT2D eigenvalue weighted by Gasteiger charge is 2.15. The number of halogens is 1. The molecule has 0 aromatic heterocycles. The number of hydrogen-bond acceptors (Lipinski definition) is 5. The van der Waals surface area contributed by atoms with Crippen LogP contribution in [0.3, 0.4) is 0 Å². The van der Waals surface area contributed by atoms with Crippen LogP contribution in [0.4, 0.5) is 5.69 Å². The average Bonchev–Trinajstić information content (AvgIpc) is 3.00. The lowest BCUT2D eigenvalue weighted by atomic mass is 10.1. The normalized spacial score (nSPS) is 12.6. The monoisotopic (exact) mass is 331 g/mol. The fraction of sp³-hybridized carbons (Fsp3) is 0.0625. The molecule has 1 aliphatic heterocycles. The Morgan fingerprint density at radius 1 is 1.17 bits per heavy atom. The Balaban J connectivity index is 1.81. The van der Waals surface area contributed by atoms with Crippen molar-refractivity contribution in [3.63, 3.8) is 0 Å². The predicted octanol–water partition coefficient (Wildman–Crippen LogP) is 3.87. The second-order valence-electron chi connectivity index (χ2n) is 4.73. The Labute approximate surface area is 136 Å². The minimum absolute atomic E-state index is 0.00806. The number of carbonyl (C=O) groups excluding carboxylic acids is 1. The lowest BCUT2D eigenvalue weighted by Gasteiger charge is -1.99. The third-order valence-electron chi connectivity index (χ3n) is 3.25. The van der Waals surface area contributed by atoms with Gasteiger partial charge in [-0.05, 0) is 35.9 Å². The second-order valence-corrected chi connectivity index (χ2v) is 5.14. The highest BCUT2D eigenvalue weighted by atomic mass is 35.5. The first-order valence-corrected chi connectivity index (χ1v) is 6.98. The van der Waals surface area contributed by atoms with Crippen LogP contribution in [0.5, 0.6) is 11.5 Å². The van der Waals surface area contributed by atoms with Gasteiger partial charge in [-0.1, -0.05) is 23.7 Å². The van der Waals surface area contributed by atoms with E-state index < -0.39 is 4.92 Å². The van der Waals surface area contributed by atoms with Gasteiger partial charge in [-0.25, -0.2) is 0 Å². The predicted molar refractivity (Wildman–Crippen MR) is 84.0 cm³/mol. The first-order chi connectivity index (χ1) is 11.0.